The highest BCUT2D eigenvalue weighted by Crippen LogP contribution is 2.32. The Bertz CT molecular complexity index is 727. The number of methoxy groups -OCH3 is 1. The molecule has 23 heavy (non-hydrogen) atoms. The molecule has 120 valence electrons. The van der Waals surface area contributed by atoms with Gasteiger partial charge < -0.3 is 24.8 Å². The van der Waals surface area contributed by atoms with Crippen molar-refractivity contribution in [1.82, 2.24) is 0 Å². The standard InChI is InChI=1S/C17H16O6/c1-10(22-2)11-4-3-5-13(6-11)23-9-16(21)17-14(19)7-12(18)8-15(17)20/h3-8,18-20H,1,9H2,2H3. The van der Waals surface area contributed by atoms with Crippen LogP contribution >= 0.6 is 0 Å². The number of ether oxygens (including phenoxy) is 2. The van der Waals surface area contributed by atoms with E-state index >= 15 is 0 Å². The number of benzene rings is 2. The van der Waals surface area contributed by atoms with Crippen LogP contribution in [-0.4, -0.2) is 34.8 Å². The van der Waals surface area contributed by atoms with E-state index in [0.29, 0.717) is 17.1 Å². The molecule has 0 amide bonds. The van der Waals surface area contributed by atoms with E-state index in [4.69, 9.17) is 9.47 Å². The number of phenols is 3. The van der Waals surface area contributed by atoms with Crippen LogP contribution in [0.4, 0.5) is 0 Å². The normalized spacial score (nSPS) is 10.1. The number of carbonyl (C=O) groups is 1. The van der Waals surface area contributed by atoms with Crippen LogP contribution in [0.1, 0.15) is 15.9 Å². The van der Waals surface area contributed by atoms with Crippen molar-refractivity contribution < 1.29 is 29.6 Å². The first kappa shape index (κ1) is 16.2. The summed E-state index contributed by atoms with van der Waals surface area (Å²) in [4.78, 5) is 12.1. The molecule has 0 fully saturated rings. The zero-order valence-electron chi connectivity index (χ0n) is 12.4. The summed E-state index contributed by atoms with van der Waals surface area (Å²) >= 11 is 0. The fourth-order valence-corrected chi connectivity index (χ4v) is 1.98. The molecule has 0 heterocycles. The maximum absolute atomic E-state index is 12.1. The molecule has 2 aromatic carbocycles. The molecular weight excluding hydrogens is 300 g/mol. The van der Waals surface area contributed by atoms with Gasteiger partial charge in [-0.3, -0.25) is 4.79 Å². The summed E-state index contributed by atoms with van der Waals surface area (Å²) in [6.07, 6.45) is 0. The van der Waals surface area contributed by atoms with Gasteiger partial charge >= 0.3 is 0 Å². The van der Waals surface area contributed by atoms with Gasteiger partial charge in [0.2, 0.25) is 5.78 Å². The average Bonchev–Trinajstić information content (AvgIpc) is 2.51. The fraction of sp³-hybridized carbons (Fsp3) is 0.118. The minimum Gasteiger partial charge on any atom is -0.508 e. The van der Waals surface area contributed by atoms with Crippen molar-refractivity contribution in [1.29, 1.82) is 0 Å². The van der Waals surface area contributed by atoms with Gasteiger partial charge in [-0.25, -0.2) is 0 Å². The zero-order chi connectivity index (χ0) is 17.0. The van der Waals surface area contributed by atoms with E-state index in [1.807, 2.05) is 0 Å². The number of phenolic OH excluding ortho intramolecular Hbond substituents is 3. The topological polar surface area (TPSA) is 96.2 Å². The Morgan fingerprint density at radius 3 is 2.39 bits per heavy atom. The lowest BCUT2D eigenvalue weighted by Gasteiger charge is -2.10. The number of carbonyl (C=O) groups excluding carboxylic acids is 1. The quantitative estimate of drug-likeness (QED) is 0.560. The maximum atomic E-state index is 12.1. The van der Waals surface area contributed by atoms with Crippen LogP contribution in [0.25, 0.3) is 5.76 Å². The minimum absolute atomic E-state index is 0.305. The lowest BCUT2D eigenvalue weighted by Crippen LogP contribution is -2.12. The van der Waals surface area contributed by atoms with Gasteiger partial charge in [0.05, 0.1) is 7.11 Å². The maximum Gasteiger partial charge on any atom is 0.207 e. The predicted octanol–water partition coefficient (Wildman–Crippen LogP) is 2.68. The molecule has 0 atom stereocenters. The van der Waals surface area contributed by atoms with Gasteiger partial charge in [0.15, 0.2) is 6.61 Å². The van der Waals surface area contributed by atoms with E-state index in [0.717, 1.165) is 12.1 Å². The first-order valence-electron chi connectivity index (χ1n) is 6.66. The smallest absolute Gasteiger partial charge is 0.207 e. The van der Waals surface area contributed by atoms with Gasteiger partial charge in [-0.05, 0) is 12.1 Å². The molecule has 0 radical (unpaired) electrons. The summed E-state index contributed by atoms with van der Waals surface area (Å²) in [5.41, 5.74) is 0.396. The Morgan fingerprint density at radius 1 is 1.13 bits per heavy atom. The van der Waals surface area contributed by atoms with Crippen molar-refractivity contribution in [3.8, 4) is 23.0 Å². The van der Waals surface area contributed by atoms with Crippen molar-refractivity contribution in [3.05, 3.63) is 54.1 Å². The van der Waals surface area contributed by atoms with E-state index in [-0.39, 0.29) is 11.3 Å². The van der Waals surface area contributed by atoms with Gasteiger partial charge in [0, 0.05) is 17.7 Å². The van der Waals surface area contributed by atoms with Crippen LogP contribution in [0, 0.1) is 0 Å². The number of aromatic hydroxyl groups is 3. The molecule has 2 rings (SSSR count). The van der Waals surface area contributed by atoms with Crippen LogP contribution in [0.15, 0.2) is 43.0 Å². The Hall–Kier alpha value is -3.15. The predicted molar refractivity (Wildman–Crippen MR) is 83.7 cm³/mol. The molecule has 6 heteroatoms. The van der Waals surface area contributed by atoms with E-state index in [1.54, 1.807) is 24.3 Å². The summed E-state index contributed by atoms with van der Waals surface area (Å²) in [7, 11) is 1.50. The highest BCUT2D eigenvalue weighted by Gasteiger charge is 2.18. The van der Waals surface area contributed by atoms with Crippen molar-refractivity contribution in [2.24, 2.45) is 0 Å². The molecule has 0 saturated heterocycles. The number of hydrogen-bond donors (Lipinski definition) is 3. The summed E-state index contributed by atoms with van der Waals surface area (Å²) < 4.78 is 10.4. The Labute approximate surface area is 132 Å². The molecule has 0 aliphatic heterocycles. The number of ketones is 1. The van der Waals surface area contributed by atoms with E-state index in [2.05, 4.69) is 6.58 Å². The number of hydrogen-bond acceptors (Lipinski definition) is 6. The van der Waals surface area contributed by atoms with Gasteiger partial charge in [-0.15, -0.1) is 0 Å². The van der Waals surface area contributed by atoms with Gasteiger partial charge in [-0.2, -0.15) is 0 Å². The van der Waals surface area contributed by atoms with Crippen LogP contribution < -0.4 is 4.74 Å². The Kier molecular flexibility index (Phi) is 4.75. The molecule has 0 unspecified atom stereocenters. The highest BCUT2D eigenvalue weighted by atomic mass is 16.5. The average molecular weight is 316 g/mol. The van der Waals surface area contributed by atoms with E-state index in [9.17, 15) is 20.1 Å². The second-order valence-electron chi connectivity index (χ2n) is 4.73. The molecule has 0 aliphatic rings. The van der Waals surface area contributed by atoms with Crippen molar-refractivity contribution in [3.63, 3.8) is 0 Å². The molecule has 3 N–H and O–H groups in total. The zero-order valence-corrected chi connectivity index (χ0v) is 12.4. The Balaban J connectivity index is 2.12. The van der Waals surface area contributed by atoms with Gasteiger partial charge in [-0.1, -0.05) is 18.7 Å². The minimum atomic E-state index is -0.629. The van der Waals surface area contributed by atoms with Crippen LogP contribution in [0.2, 0.25) is 0 Å². The van der Waals surface area contributed by atoms with Crippen LogP contribution in [0.5, 0.6) is 23.0 Å². The largest absolute Gasteiger partial charge is 0.508 e. The third kappa shape index (κ3) is 3.74. The molecule has 6 nitrogen and oxygen atoms in total. The summed E-state index contributed by atoms with van der Waals surface area (Å²) in [6, 6.07) is 8.73. The van der Waals surface area contributed by atoms with E-state index < -0.39 is 23.9 Å². The highest BCUT2D eigenvalue weighted by molar-refractivity contribution is 6.02. The second-order valence-corrected chi connectivity index (χ2v) is 4.73. The monoisotopic (exact) mass is 316 g/mol. The first-order chi connectivity index (χ1) is 10.9. The third-order valence-electron chi connectivity index (χ3n) is 3.13. The van der Waals surface area contributed by atoms with Gasteiger partial charge in [0.25, 0.3) is 0 Å². The van der Waals surface area contributed by atoms with Crippen LogP contribution in [-0.2, 0) is 4.74 Å². The van der Waals surface area contributed by atoms with E-state index in [1.165, 1.54) is 7.11 Å². The van der Waals surface area contributed by atoms with Gasteiger partial charge in [0.1, 0.15) is 34.3 Å². The molecule has 0 bridgehead atoms. The van der Waals surface area contributed by atoms with Crippen molar-refractivity contribution in [2.45, 2.75) is 0 Å². The molecule has 0 saturated carbocycles. The molecule has 0 aromatic heterocycles. The Morgan fingerprint density at radius 2 is 1.78 bits per heavy atom. The van der Waals surface area contributed by atoms with Crippen LogP contribution in [0.3, 0.4) is 0 Å². The lowest BCUT2D eigenvalue weighted by atomic mass is 10.1. The first-order valence-corrected chi connectivity index (χ1v) is 6.66. The summed E-state index contributed by atoms with van der Waals surface area (Å²) in [5, 5.41) is 28.6. The number of Topliss-reactive ketones (excluding diaryl/α,β-unsaturated/α-hetero) is 1. The molecule has 2 aromatic rings. The molecular formula is C17H16O6. The molecule has 0 spiro atoms. The second kappa shape index (κ2) is 6.74. The SMILES string of the molecule is C=C(OC)c1cccc(OCC(=O)c2c(O)cc(O)cc2O)c1. The number of rotatable bonds is 6. The fourth-order valence-electron chi connectivity index (χ4n) is 1.98. The summed E-state index contributed by atoms with van der Waals surface area (Å²) in [5.74, 6) is -1.14. The summed E-state index contributed by atoms with van der Waals surface area (Å²) in [6.45, 7) is 3.33. The van der Waals surface area contributed by atoms with Crippen molar-refractivity contribution in [2.75, 3.05) is 13.7 Å². The lowest BCUT2D eigenvalue weighted by molar-refractivity contribution is 0.0916. The third-order valence-corrected chi connectivity index (χ3v) is 3.13. The van der Waals surface area contributed by atoms with Crippen molar-refractivity contribution >= 4 is 11.5 Å². The molecule has 0 aliphatic carbocycles.